The molecule has 6 heteroatoms. The Bertz CT molecular complexity index is 829. The number of rotatable bonds is 2. The highest BCUT2D eigenvalue weighted by molar-refractivity contribution is 5.89. The zero-order valence-corrected chi connectivity index (χ0v) is 11.5. The van der Waals surface area contributed by atoms with Gasteiger partial charge in [0.25, 0.3) is 0 Å². The van der Waals surface area contributed by atoms with Gasteiger partial charge in [0, 0.05) is 25.0 Å². The molecule has 0 spiro atoms. The van der Waals surface area contributed by atoms with Gasteiger partial charge in [-0.3, -0.25) is 9.36 Å². The Labute approximate surface area is 115 Å². The van der Waals surface area contributed by atoms with Crippen molar-refractivity contribution in [3.63, 3.8) is 0 Å². The minimum absolute atomic E-state index is 0.0452. The van der Waals surface area contributed by atoms with Gasteiger partial charge in [0.15, 0.2) is 5.69 Å². The Morgan fingerprint density at radius 3 is 2.55 bits per heavy atom. The summed E-state index contributed by atoms with van der Waals surface area (Å²) >= 11 is 0. The topological polar surface area (TPSA) is 72.9 Å². The first-order valence-electron chi connectivity index (χ1n) is 6.18. The second-order valence-electron chi connectivity index (χ2n) is 4.78. The molecule has 0 amide bonds. The molecule has 3 aromatic rings. The molecular weight excluding hydrogens is 256 g/mol. The van der Waals surface area contributed by atoms with Crippen LogP contribution in [0.15, 0.2) is 24.3 Å². The average Bonchev–Trinajstić information content (AvgIpc) is 2.91. The molecule has 0 atom stereocenters. The van der Waals surface area contributed by atoms with E-state index in [4.69, 9.17) is 5.11 Å². The molecule has 2 heterocycles. The molecule has 0 radical (unpaired) electrons. The largest absolute Gasteiger partial charge is 0.476 e. The monoisotopic (exact) mass is 270 g/mol. The number of aromatic nitrogens is 4. The number of hydrogen-bond acceptors (Lipinski definition) is 3. The number of aryl methyl sites for hydroxylation is 3. The lowest BCUT2D eigenvalue weighted by Crippen LogP contribution is -1.99. The molecule has 1 aromatic carbocycles. The second-order valence-corrected chi connectivity index (χ2v) is 4.78. The lowest BCUT2D eigenvalue weighted by molar-refractivity contribution is 0.0689. The second kappa shape index (κ2) is 4.19. The predicted octanol–water partition coefficient (Wildman–Crippen LogP) is 1.98. The third kappa shape index (κ3) is 1.77. The summed E-state index contributed by atoms with van der Waals surface area (Å²) in [5, 5.41) is 18.5. The summed E-state index contributed by atoms with van der Waals surface area (Å²) in [4.78, 5) is 11.0. The lowest BCUT2D eigenvalue weighted by atomic mass is 10.1. The van der Waals surface area contributed by atoms with Gasteiger partial charge in [-0.2, -0.15) is 10.2 Å². The molecule has 102 valence electrons. The number of benzene rings is 1. The fraction of sp³-hybridized carbons (Fsp3) is 0.214. The molecule has 6 nitrogen and oxygen atoms in total. The third-order valence-electron chi connectivity index (χ3n) is 3.43. The van der Waals surface area contributed by atoms with E-state index in [9.17, 15) is 4.79 Å². The predicted molar refractivity (Wildman–Crippen MR) is 74.6 cm³/mol. The minimum atomic E-state index is -1.02. The summed E-state index contributed by atoms with van der Waals surface area (Å²) in [6.07, 6.45) is 0. The van der Waals surface area contributed by atoms with E-state index < -0.39 is 5.97 Å². The standard InChI is InChI=1S/C14H14N4O2/c1-8-10-5-4-9(6-13(10)18(3)15-8)12-7-11(14(19)20)16-17(12)2/h4-7H,1-3H3,(H,19,20). The van der Waals surface area contributed by atoms with E-state index in [0.717, 1.165) is 27.9 Å². The van der Waals surface area contributed by atoms with Gasteiger partial charge in [-0.25, -0.2) is 4.79 Å². The Morgan fingerprint density at radius 2 is 1.90 bits per heavy atom. The fourth-order valence-corrected chi connectivity index (χ4v) is 2.44. The van der Waals surface area contributed by atoms with Crippen LogP contribution in [0.2, 0.25) is 0 Å². The fourth-order valence-electron chi connectivity index (χ4n) is 2.44. The van der Waals surface area contributed by atoms with Crippen molar-refractivity contribution in [2.75, 3.05) is 0 Å². The van der Waals surface area contributed by atoms with Crippen LogP contribution in [0.5, 0.6) is 0 Å². The molecule has 0 saturated carbocycles. The molecule has 0 aliphatic carbocycles. The molecule has 1 N–H and O–H groups in total. The summed E-state index contributed by atoms with van der Waals surface area (Å²) in [6, 6.07) is 7.53. The molecule has 0 aliphatic rings. The van der Waals surface area contributed by atoms with Crippen LogP contribution in [-0.2, 0) is 14.1 Å². The van der Waals surface area contributed by atoms with Crippen LogP contribution in [0.25, 0.3) is 22.2 Å². The normalized spacial score (nSPS) is 11.2. The number of carboxylic acids is 1. The van der Waals surface area contributed by atoms with Crippen LogP contribution in [0.3, 0.4) is 0 Å². The van der Waals surface area contributed by atoms with Crippen LogP contribution in [0.1, 0.15) is 16.2 Å². The minimum Gasteiger partial charge on any atom is -0.476 e. The molecule has 3 rings (SSSR count). The quantitative estimate of drug-likeness (QED) is 0.772. The summed E-state index contributed by atoms with van der Waals surface area (Å²) in [6.45, 7) is 1.97. The van der Waals surface area contributed by atoms with E-state index in [1.165, 1.54) is 0 Å². The van der Waals surface area contributed by atoms with Gasteiger partial charge < -0.3 is 5.11 Å². The Kier molecular flexibility index (Phi) is 2.60. The van der Waals surface area contributed by atoms with Crippen molar-refractivity contribution in [1.29, 1.82) is 0 Å². The van der Waals surface area contributed by atoms with Gasteiger partial charge in [0.2, 0.25) is 0 Å². The zero-order valence-electron chi connectivity index (χ0n) is 11.5. The summed E-state index contributed by atoms with van der Waals surface area (Å²) in [5.41, 5.74) is 3.72. The van der Waals surface area contributed by atoms with Crippen molar-refractivity contribution >= 4 is 16.9 Å². The Hall–Kier alpha value is -2.63. The summed E-state index contributed by atoms with van der Waals surface area (Å²) in [7, 11) is 3.63. The molecule has 0 bridgehead atoms. The molecule has 0 saturated heterocycles. The maximum absolute atomic E-state index is 11.0. The zero-order chi connectivity index (χ0) is 14.4. The SMILES string of the molecule is Cc1nn(C)c2cc(-c3cc(C(=O)O)nn3C)ccc12. The molecule has 0 fully saturated rings. The Morgan fingerprint density at radius 1 is 1.15 bits per heavy atom. The van der Waals surface area contributed by atoms with Gasteiger partial charge in [0.1, 0.15) is 0 Å². The highest BCUT2D eigenvalue weighted by Crippen LogP contribution is 2.26. The van der Waals surface area contributed by atoms with E-state index >= 15 is 0 Å². The first-order valence-corrected chi connectivity index (χ1v) is 6.18. The number of hydrogen-bond donors (Lipinski definition) is 1. The number of carbonyl (C=O) groups is 1. The molecule has 2 aromatic heterocycles. The number of aromatic carboxylic acids is 1. The van der Waals surface area contributed by atoms with Crippen molar-refractivity contribution < 1.29 is 9.90 Å². The summed E-state index contributed by atoms with van der Waals surface area (Å²) < 4.78 is 3.40. The van der Waals surface area contributed by atoms with E-state index in [2.05, 4.69) is 10.2 Å². The van der Waals surface area contributed by atoms with Gasteiger partial charge in [-0.15, -0.1) is 0 Å². The highest BCUT2D eigenvalue weighted by Gasteiger charge is 2.14. The first kappa shape index (κ1) is 12.4. The Balaban J connectivity index is 2.19. The highest BCUT2D eigenvalue weighted by atomic mass is 16.4. The van der Waals surface area contributed by atoms with Gasteiger partial charge in [0.05, 0.1) is 16.9 Å². The molecule has 20 heavy (non-hydrogen) atoms. The number of nitrogens with zero attached hydrogens (tertiary/aromatic N) is 4. The van der Waals surface area contributed by atoms with Gasteiger partial charge >= 0.3 is 5.97 Å². The van der Waals surface area contributed by atoms with E-state index in [1.807, 2.05) is 36.9 Å². The van der Waals surface area contributed by atoms with Gasteiger partial charge in [-0.05, 0) is 19.1 Å². The van der Waals surface area contributed by atoms with Crippen LogP contribution in [-0.4, -0.2) is 30.6 Å². The van der Waals surface area contributed by atoms with Crippen molar-refractivity contribution in [3.05, 3.63) is 35.7 Å². The van der Waals surface area contributed by atoms with Crippen LogP contribution in [0.4, 0.5) is 0 Å². The van der Waals surface area contributed by atoms with Crippen LogP contribution >= 0.6 is 0 Å². The van der Waals surface area contributed by atoms with E-state index in [0.29, 0.717) is 0 Å². The molecule has 0 unspecified atom stereocenters. The van der Waals surface area contributed by atoms with Crippen molar-refractivity contribution in [1.82, 2.24) is 19.6 Å². The smallest absolute Gasteiger partial charge is 0.356 e. The maximum Gasteiger partial charge on any atom is 0.356 e. The van der Waals surface area contributed by atoms with Crippen molar-refractivity contribution in [3.8, 4) is 11.3 Å². The van der Waals surface area contributed by atoms with Crippen LogP contribution in [0, 0.1) is 6.92 Å². The molecular formula is C14H14N4O2. The van der Waals surface area contributed by atoms with Crippen molar-refractivity contribution in [2.45, 2.75) is 6.92 Å². The maximum atomic E-state index is 11.0. The third-order valence-corrected chi connectivity index (χ3v) is 3.43. The van der Waals surface area contributed by atoms with E-state index in [-0.39, 0.29) is 5.69 Å². The average molecular weight is 270 g/mol. The summed E-state index contributed by atoms with van der Waals surface area (Å²) in [5.74, 6) is -1.02. The van der Waals surface area contributed by atoms with Crippen LogP contribution < -0.4 is 0 Å². The number of fused-ring (bicyclic) bond motifs is 1. The number of carboxylic acid groups (broad SMARTS) is 1. The lowest BCUT2D eigenvalue weighted by Gasteiger charge is -2.03. The van der Waals surface area contributed by atoms with Gasteiger partial charge in [-0.1, -0.05) is 12.1 Å². The van der Waals surface area contributed by atoms with E-state index in [1.54, 1.807) is 17.8 Å². The molecule has 0 aliphatic heterocycles. The first-order chi connectivity index (χ1) is 9.47. The van der Waals surface area contributed by atoms with Crippen molar-refractivity contribution in [2.24, 2.45) is 14.1 Å².